The van der Waals surface area contributed by atoms with E-state index in [0.717, 1.165) is 32.8 Å². The molecular formula is C34H45N5O6S. The van der Waals surface area contributed by atoms with Gasteiger partial charge in [0.15, 0.2) is 0 Å². The van der Waals surface area contributed by atoms with E-state index in [-0.39, 0.29) is 12.8 Å². The van der Waals surface area contributed by atoms with Crippen LogP contribution in [0, 0.1) is 13.8 Å². The number of aryl methyl sites for hydroxylation is 2. The van der Waals surface area contributed by atoms with Gasteiger partial charge in [0.2, 0.25) is 24.6 Å². The first-order valence-corrected chi connectivity index (χ1v) is 16.4. The summed E-state index contributed by atoms with van der Waals surface area (Å²) in [5.41, 5.74) is 4.34. The minimum Gasteiger partial charge on any atom is -0.494 e. The Balaban J connectivity index is 0.000000211. The van der Waals surface area contributed by atoms with E-state index in [0.29, 0.717) is 23.9 Å². The van der Waals surface area contributed by atoms with Crippen molar-refractivity contribution in [2.24, 2.45) is 0 Å². The number of carbonyl (C=O) groups excluding carboxylic acids is 5. The lowest BCUT2D eigenvalue weighted by Crippen LogP contribution is -2.53. The summed E-state index contributed by atoms with van der Waals surface area (Å²) < 4.78 is 6.75. The van der Waals surface area contributed by atoms with Crippen molar-refractivity contribution < 1.29 is 28.7 Å². The Kier molecular flexibility index (Phi) is 14.1. The molecular weight excluding hydrogens is 606 g/mol. The first-order valence-electron chi connectivity index (χ1n) is 15.6. The number of rotatable bonds is 7. The fourth-order valence-electron chi connectivity index (χ4n) is 5.19. The maximum atomic E-state index is 12.5. The molecule has 3 fully saturated rings. The molecule has 11 nitrogen and oxygen atoms in total. The third-order valence-electron chi connectivity index (χ3n) is 7.75. The molecule has 1 aromatic heterocycles. The lowest BCUT2D eigenvalue weighted by Gasteiger charge is -2.28. The van der Waals surface area contributed by atoms with Gasteiger partial charge < -0.3 is 15.4 Å². The number of carbonyl (C=O) groups is 5. The van der Waals surface area contributed by atoms with E-state index in [9.17, 15) is 19.2 Å². The summed E-state index contributed by atoms with van der Waals surface area (Å²) in [5, 5.41) is 8.46. The molecule has 46 heavy (non-hydrogen) atoms. The quantitative estimate of drug-likeness (QED) is 0.232. The molecule has 1 atom stereocenters. The molecule has 2 saturated carbocycles. The first-order chi connectivity index (χ1) is 22.2. The number of benzene rings is 2. The predicted octanol–water partition coefficient (Wildman–Crippen LogP) is 5.24. The topological polar surface area (TPSA) is 147 Å². The van der Waals surface area contributed by atoms with E-state index < -0.39 is 23.8 Å². The Hall–Kier alpha value is -4.32. The number of fused-ring (bicyclic) bond motifs is 1. The van der Waals surface area contributed by atoms with Crippen LogP contribution in [0.3, 0.4) is 0 Å². The second-order valence-electron chi connectivity index (χ2n) is 11.3. The summed E-state index contributed by atoms with van der Waals surface area (Å²) in [6, 6.07) is 8.65. The lowest BCUT2D eigenvalue weighted by atomic mass is 9.97. The molecule has 1 unspecified atom stereocenters. The Morgan fingerprint density at radius 3 is 2.22 bits per heavy atom. The minimum absolute atomic E-state index is 0.103. The summed E-state index contributed by atoms with van der Waals surface area (Å²) in [6.07, 6.45) is 11.1. The molecule has 12 heteroatoms. The van der Waals surface area contributed by atoms with Crippen LogP contribution in [0.1, 0.15) is 90.2 Å². The van der Waals surface area contributed by atoms with Crippen LogP contribution >= 0.6 is 11.3 Å². The van der Waals surface area contributed by atoms with Gasteiger partial charge in [0.25, 0.3) is 5.91 Å². The number of methoxy groups -OCH3 is 1. The lowest BCUT2D eigenvalue weighted by molar-refractivity contribution is -0.139. The minimum atomic E-state index is -0.953. The molecule has 3 aromatic rings. The molecule has 0 bridgehead atoms. The van der Waals surface area contributed by atoms with Gasteiger partial charge in [-0.25, -0.2) is 4.98 Å². The van der Waals surface area contributed by atoms with E-state index in [1.807, 2.05) is 0 Å². The van der Waals surface area contributed by atoms with E-state index in [1.165, 1.54) is 55.2 Å². The van der Waals surface area contributed by atoms with Crippen LogP contribution in [-0.2, 0) is 19.2 Å². The maximum absolute atomic E-state index is 12.5. The monoisotopic (exact) mass is 651 g/mol. The largest absolute Gasteiger partial charge is 0.494 e. The normalized spacial score (nSPS) is 16.7. The number of anilines is 1. The summed E-state index contributed by atoms with van der Waals surface area (Å²) in [4.78, 5) is 61.3. The Labute approximate surface area is 274 Å². The van der Waals surface area contributed by atoms with Crippen molar-refractivity contribution in [2.45, 2.75) is 83.6 Å². The highest BCUT2D eigenvalue weighted by molar-refractivity contribution is 7.18. The average Bonchev–Trinajstić information content (AvgIpc) is 3.74. The highest BCUT2D eigenvalue weighted by atomic mass is 32.1. The third-order valence-corrected chi connectivity index (χ3v) is 8.66. The van der Waals surface area contributed by atoms with Crippen LogP contribution < -0.4 is 20.7 Å². The van der Waals surface area contributed by atoms with Crippen molar-refractivity contribution in [1.29, 1.82) is 0 Å². The van der Waals surface area contributed by atoms with Gasteiger partial charge in [-0.15, -0.1) is 11.3 Å². The molecule has 3 aliphatic rings. The predicted molar refractivity (Wildman–Crippen MR) is 180 cm³/mol. The van der Waals surface area contributed by atoms with Crippen molar-refractivity contribution in [3.05, 3.63) is 52.0 Å². The highest BCUT2D eigenvalue weighted by Crippen LogP contribution is 2.39. The van der Waals surface area contributed by atoms with Crippen LogP contribution in [-0.4, -0.2) is 67.7 Å². The molecule has 0 radical (unpaired) electrons. The molecule has 1 aliphatic heterocycles. The van der Waals surface area contributed by atoms with Gasteiger partial charge in [0, 0.05) is 31.8 Å². The number of ether oxygens (including phenoxy) is 1. The van der Waals surface area contributed by atoms with Gasteiger partial charge in [-0.2, -0.15) is 0 Å². The van der Waals surface area contributed by atoms with Crippen molar-refractivity contribution in [3.63, 3.8) is 0 Å². The van der Waals surface area contributed by atoms with Crippen molar-refractivity contribution in [2.75, 3.05) is 26.5 Å². The number of hydrogen-bond acceptors (Lipinski definition) is 9. The molecule has 2 aliphatic carbocycles. The van der Waals surface area contributed by atoms with Crippen LogP contribution in [0.4, 0.5) is 5.69 Å². The molecule has 2 heterocycles. The molecule has 0 spiro atoms. The number of thiazole rings is 1. The molecule has 248 valence electrons. The van der Waals surface area contributed by atoms with Crippen LogP contribution in [0.15, 0.2) is 30.3 Å². The van der Waals surface area contributed by atoms with E-state index in [4.69, 9.17) is 9.53 Å². The first kappa shape index (κ1) is 36.2. The number of piperidine rings is 1. The third kappa shape index (κ3) is 10.1. The molecule has 3 N–H and O–H groups in total. The second kappa shape index (κ2) is 18.0. The van der Waals surface area contributed by atoms with E-state index >= 15 is 0 Å². The molecule has 1 saturated heterocycles. The fraction of sp³-hybridized carbons (Fsp3) is 0.471. The zero-order chi connectivity index (χ0) is 33.6. The molecule has 6 rings (SSSR count). The van der Waals surface area contributed by atoms with Gasteiger partial charge in [-0.1, -0.05) is 32.1 Å². The Morgan fingerprint density at radius 2 is 1.70 bits per heavy atom. The van der Waals surface area contributed by atoms with E-state index in [2.05, 4.69) is 40.0 Å². The van der Waals surface area contributed by atoms with Crippen LogP contribution in [0.2, 0.25) is 0 Å². The van der Waals surface area contributed by atoms with Crippen molar-refractivity contribution in [1.82, 2.24) is 20.5 Å². The van der Waals surface area contributed by atoms with Gasteiger partial charge >= 0.3 is 0 Å². The summed E-state index contributed by atoms with van der Waals surface area (Å²) in [5.74, 6) is 0.101. The van der Waals surface area contributed by atoms with Gasteiger partial charge in [0.05, 0.1) is 16.8 Å². The smallest absolute Gasteiger partial charge is 0.261 e. The van der Waals surface area contributed by atoms with E-state index in [1.54, 1.807) is 57.7 Å². The Morgan fingerprint density at radius 1 is 1.02 bits per heavy atom. The van der Waals surface area contributed by atoms with Crippen LogP contribution in [0.25, 0.3) is 10.2 Å². The van der Waals surface area contributed by atoms with Gasteiger partial charge in [-0.05, 0) is 80.5 Å². The maximum Gasteiger partial charge on any atom is 0.261 e. The highest BCUT2D eigenvalue weighted by Gasteiger charge is 2.35. The Bertz CT molecular complexity index is 1510. The number of imide groups is 2. The van der Waals surface area contributed by atoms with Crippen molar-refractivity contribution >= 4 is 57.8 Å². The van der Waals surface area contributed by atoms with Gasteiger partial charge in [-0.3, -0.25) is 34.2 Å². The number of nitrogens with one attached hydrogen (secondary N) is 3. The summed E-state index contributed by atoms with van der Waals surface area (Å²) >= 11 is 1.76. The van der Waals surface area contributed by atoms with Crippen LogP contribution in [0.5, 0.6) is 5.75 Å². The second-order valence-corrected chi connectivity index (χ2v) is 12.6. The molecule has 2 aromatic carbocycles. The summed E-state index contributed by atoms with van der Waals surface area (Å²) in [7, 11) is 5.06. The standard InChI is InChI=1S/C15H17N3O4.C14H17NOS.C3H6.C2H5NO/c1-9-7-10(16-2)3-4-11(9)15(22)18(8-19)12-5-6-13(20)17-14(12)21;1-9-15-14-12(16-2)7-11(8-13(14)17-9)10-5-3-4-6-10;1-2-3-1;1-3-2-4/h3-4,7-8,12,16H,5-6H2,1-2H3,(H,17,20,21);7-8,10H,3-6H2,1-2H3;1-3H2;2H,1H3,(H,3,4). The SMILES string of the molecule is C1CC1.CNC=O.CNc1ccc(C(=O)N(C=O)C2CCC(=O)NC2=O)c(C)c1.COc1cc(C2CCCC2)cc2sc(C)nc12. The van der Waals surface area contributed by atoms with Gasteiger partial charge in [0.1, 0.15) is 17.3 Å². The number of hydrogen-bond donors (Lipinski definition) is 3. The van der Waals surface area contributed by atoms with Crippen molar-refractivity contribution in [3.8, 4) is 5.75 Å². The summed E-state index contributed by atoms with van der Waals surface area (Å²) in [6.45, 7) is 3.81. The number of nitrogens with zero attached hydrogens (tertiary/aromatic N) is 2. The zero-order valence-electron chi connectivity index (χ0n) is 27.3. The molecule has 5 amide bonds. The number of aromatic nitrogens is 1. The average molecular weight is 652 g/mol. The zero-order valence-corrected chi connectivity index (χ0v) is 28.1. The number of amides is 5. The fourth-order valence-corrected chi connectivity index (χ4v) is 6.08.